The van der Waals surface area contributed by atoms with Crippen LogP contribution in [0.25, 0.3) is 4.85 Å². The molecule has 0 aromatic carbocycles. The number of aromatic nitrogens is 2. The van der Waals surface area contributed by atoms with E-state index in [9.17, 15) is 0 Å². The first-order valence-electron chi connectivity index (χ1n) is 3.01. The van der Waals surface area contributed by atoms with Gasteiger partial charge in [0.25, 0.3) is 12.4 Å². The van der Waals surface area contributed by atoms with Gasteiger partial charge in [0, 0.05) is 6.42 Å². The Kier molecular flexibility index (Phi) is 2.00. The summed E-state index contributed by atoms with van der Waals surface area (Å²) in [5.74, 6) is 1.07. The van der Waals surface area contributed by atoms with E-state index in [4.69, 9.17) is 11.1 Å². The molecule has 10 heavy (non-hydrogen) atoms. The number of hydrogen-bond acceptors (Lipinski definition) is 3. The van der Waals surface area contributed by atoms with E-state index in [-0.39, 0.29) is 6.54 Å². The fourth-order valence-corrected chi connectivity index (χ4v) is 0.569. The summed E-state index contributed by atoms with van der Waals surface area (Å²) in [6.45, 7) is 8.65. The quantitative estimate of drug-likeness (QED) is 0.572. The maximum absolute atomic E-state index is 6.51. The Labute approximate surface area is 58.7 Å². The van der Waals surface area contributed by atoms with Crippen molar-refractivity contribution in [1.29, 1.82) is 0 Å². The molecule has 4 nitrogen and oxygen atoms in total. The molecular formula is C6H7N3O. The Morgan fingerprint density at radius 1 is 1.70 bits per heavy atom. The molecule has 0 saturated carbocycles. The van der Waals surface area contributed by atoms with Crippen LogP contribution in [0.4, 0.5) is 0 Å². The van der Waals surface area contributed by atoms with E-state index in [0.717, 1.165) is 6.42 Å². The van der Waals surface area contributed by atoms with Gasteiger partial charge >= 0.3 is 0 Å². The van der Waals surface area contributed by atoms with Gasteiger partial charge in [-0.25, -0.2) is 6.57 Å². The minimum atomic E-state index is 0.212. The first kappa shape index (κ1) is 6.75. The molecule has 0 atom stereocenters. The van der Waals surface area contributed by atoms with E-state index in [2.05, 4.69) is 15.0 Å². The van der Waals surface area contributed by atoms with Crippen LogP contribution in [0.15, 0.2) is 4.52 Å². The lowest BCUT2D eigenvalue weighted by atomic mass is 10.5. The van der Waals surface area contributed by atoms with Crippen LogP contribution < -0.4 is 0 Å². The standard InChI is InChI=1S/C6H7N3O/c1-3-6-8-5(4-7-2)9-10-6/h3-4H2,1H3. The van der Waals surface area contributed by atoms with Crippen molar-refractivity contribution < 1.29 is 4.52 Å². The molecule has 4 heteroatoms. The number of aryl methyl sites for hydroxylation is 1. The van der Waals surface area contributed by atoms with Gasteiger partial charge in [-0.3, -0.25) is 0 Å². The van der Waals surface area contributed by atoms with Gasteiger partial charge in [-0.05, 0) is 0 Å². The van der Waals surface area contributed by atoms with Gasteiger partial charge in [0.05, 0.1) is 0 Å². The number of nitrogens with zero attached hydrogens (tertiary/aromatic N) is 3. The molecule has 1 heterocycles. The van der Waals surface area contributed by atoms with Crippen molar-refractivity contribution in [3.8, 4) is 0 Å². The second kappa shape index (κ2) is 2.97. The van der Waals surface area contributed by atoms with Crippen molar-refractivity contribution in [2.45, 2.75) is 19.9 Å². The van der Waals surface area contributed by atoms with Crippen molar-refractivity contribution in [2.24, 2.45) is 0 Å². The third-order valence-corrected chi connectivity index (χ3v) is 1.03. The first-order valence-corrected chi connectivity index (χ1v) is 3.01. The lowest BCUT2D eigenvalue weighted by molar-refractivity contribution is 0.377. The van der Waals surface area contributed by atoms with Crippen LogP contribution in [0, 0.1) is 6.57 Å². The highest BCUT2D eigenvalue weighted by molar-refractivity contribution is 4.88. The number of hydrogen-bond donors (Lipinski definition) is 0. The summed E-state index contributed by atoms with van der Waals surface area (Å²) in [5, 5.41) is 3.58. The Bertz CT molecular complexity index is 248. The monoisotopic (exact) mass is 137 g/mol. The smallest absolute Gasteiger partial charge is 0.276 e. The summed E-state index contributed by atoms with van der Waals surface area (Å²) in [7, 11) is 0. The summed E-state index contributed by atoms with van der Waals surface area (Å²) in [6, 6.07) is 0. The van der Waals surface area contributed by atoms with Gasteiger partial charge in [0.1, 0.15) is 0 Å². The molecule has 0 unspecified atom stereocenters. The van der Waals surface area contributed by atoms with Crippen LogP contribution in [0.5, 0.6) is 0 Å². The highest BCUT2D eigenvalue weighted by Crippen LogP contribution is 1.98. The topological polar surface area (TPSA) is 43.3 Å². The maximum atomic E-state index is 6.51. The second-order valence-electron chi connectivity index (χ2n) is 1.77. The van der Waals surface area contributed by atoms with Gasteiger partial charge in [0.2, 0.25) is 5.89 Å². The molecule has 0 aliphatic rings. The van der Waals surface area contributed by atoms with Crippen LogP contribution in [0.3, 0.4) is 0 Å². The SMILES string of the molecule is [C-]#[N+]Cc1noc(CC)n1. The van der Waals surface area contributed by atoms with E-state index in [1.54, 1.807) is 0 Å². The highest BCUT2D eigenvalue weighted by atomic mass is 16.5. The predicted molar refractivity (Wildman–Crippen MR) is 34.0 cm³/mol. The summed E-state index contributed by atoms with van der Waals surface area (Å²) in [4.78, 5) is 7.05. The average Bonchev–Trinajstić information content (AvgIpc) is 2.37. The lowest BCUT2D eigenvalue weighted by Crippen LogP contribution is -1.82. The molecule has 1 aromatic heterocycles. The third kappa shape index (κ3) is 1.32. The van der Waals surface area contributed by atoms with Crippen molar-refractivity contribution in [3.05, 3.63) is 23.1 Å². The Morgan fingerprint density at radius 3 is 3.00 bits per heavy atom. The first-order chi connectivity index (χ1) is 4.86. The van der Waals surface area contributed by atoms with Crippen LogP contribution in [0.1, 0.15) is 18.6 Å². The minimum Gasteiger partial charge on any atom is -0.339 e. The molecule has 0 aliphatic heterocycles. The zero-order chi connectivity index (χ0) is 7.40. The van der Waals surface area contributed by atoms with Crippen LogP contribution >= 0.6 is 0 Å². The van der Waals surface area contributed by atoms with E-state index < -0.39 is 0 Å². The zero-order valence-corrected chi connectivity index (χ0v) is 5.66. The van der Waals surface area contributed by atoms with Crippen molar-refractivity contribution in [2.75, 3.05) is 0 Å². The second-order valence-corrected chi connectivity index (χ2v) is 1.77. The molecule has 1 aromatic rings. The fraction of sp³-hybridized carbons (Fsp3) is 0.500. The molecule has 0 bridgehead atoms. The van der Waals surface area contributed by atoms with Crippen molar-refractivity contribution in [3.63, 3.8) is 0 Å². The van der Waals surface area contributed by atoms with Gasteiger partial charge in [-0.2, -0.15) is 4.98 Å². The molecule has 0 saturated heterocycles. The average molecular weight is 137 g/mol. The van der Waals surface area contributed by atoms with E-state index >= 15 is 0 Å². The van der Waals surface area contributed by atoms with Crippen LogP contribution in [-0.2, 0) is 13.0 Å². The molecule has 0 amide bonds. The molecule has 52 valence electrons. The molecular weight excluding hydrogens is 130 g/mol. The Balaban J connectivity index is 2.70. The summed E-state index contributed by atoms with van der Waals surface area (Å²) in [5.41, 5.74) is 0. The largest absolute Gasteiger partial charge is 0.339 e. The van der Waals surface area contributed by atoms with Crippen molar-refractivity contribution in [1.82, 2.24) is 10.1 Å². The van der Waals surface area contributed by atoms with E-state index in [0.29, 0.717) is 11.7 Å². The molecule has 0 aliphatic carbocycles. The number of rotatable bonds is 2. The summed E-state index contributed by atoms with van der Waals surface area (Å²) in [6.07, 6.45) is 0.727. The van der Waals surface area contributed by atoms with Crippen molar-refractivity contribution >= 4 is 0 Å². The Hall–Kier alpha value is -1.37. The van der Waals surface area contributed by atoms with E-state index in [1.165, 1.54) is 0 Å². The Morgan fingerprint density at radius 2 is 2.50 bits per heavy atom. The molecule has 0 fully saturated rings. The highest BCUT2D eigenvalue weighted by Gasteiger charge is 2.04. The van der Waals surface area contributed by atoms with Gasteiger partial charge in [0.15, 0.2) is 0 Å². The lowest BCUT2D eigenvalue weighted by Gasteiger charge is -1.75. The molecule has 1 rings (SSSR count). The van der Waals surface area contributed by atoms with Gasteiger partial charge in [-0.15, -0.1) is 0 Å². The predicted octanol–water partition coefficient (Wildman–Crippen LogP) is 1.05. The third-order valence-electron chi connectivity index (χ3n) is 1.03. The van der Waals surface area contributed by atoms with E-state index in [1.807, 2.05) is 6.92 Å². The molecule has 0 N–H and O–H groups in total. The van der Waals surface area contributed by atoms with Crippen LogP contribution in [0.2, 0.25) is 0 Å². The zero-order valence-electron chi connectivity index (χ0n) is 5.66. The summed E-state index contributed by atoms with van der Waals surface area (Å²) >= 11 is 0. The normalized spacial score (nSPS) is 9.20. The fourth-order valence-electron chi connectivity index (χ4n) is 0.569. The maximum Gasteiger partial charge on any atom is 0.276 e. The van der Waals surface area contributed by atoms with Crippen LogP contribution in [-0.4, -0.2) is 10.1 Å². The van der Waals surface area contributed by atoms with Gasteiger partial charge in [-0.1, -0.05) is 12.1 Å². The minimum absolute atomic E-state index is 0.212. The van der Waals surface area contributed by atoms with Gasteiger partial charge < -0.3 is 9.37 Å². The molecule has 0 spiro atoms. The molecule has 0 radical (unpaired) electrons. The summed E-state index contributed by atoms with van der Waals surface area (Å²) < 4.78 is 4.76.